The monoisotopic (exact) mass is 156 g/mol. The molecule has 3 nitrogen and oxygen atoms in total. The van der Waals surface area contributed by atoms with E-state index in [1.54, 1.807) is 0 Å². The number of aliphatic carboxylic acids is 1. The van der Waals surface area contributed by atoms with Crippen molar-refractivity contribution in [1.82, 2.24) is 0 Å². The Hall–Kier alpha value is -0.830. The second-order valence-electron chi connectivity index (χ2n) is 2.81. The van der Waals surface area contributed by atoms with Crippen LogP contribution in [-0.4, -0.2) is 23.8 Å². The summed E-state index contributed by atoms with van der Waals surface area (Å²) >= 11 is 0. The summed E-state index contributed by atoms with van der Waals surface area (Å²) in [6.45, 7) is 2.64. The second-order valence-corrected chi connectivity index (χ2v) is 2.81. The third-order valence-corrected chi connectivity index (χ3v) is 1.71. The molecule has 1 aliphatic rings. The number of hydrogen-bond acceptors (Lipinski definition) is 2. The Bertz CT molecular complexity index is 180. The molecule has 3 heteroatoms. The molecule has 11 heavy (non-hydrogen) atoms. The van der Waals surface area contributed by atoms with Crippen LogP contribution in [0.3, 0.4) is 0 Å². The number of rotatable bonds is 3. The lowest BCUT2D eigenvalue weighted by atomic mass is 10.0. The van der Waals surface area contributed by atoms with Crippen molar-refractivity contribution in [2.45, 2.75) is 25.9 Å². The molecule has 1 aliphatic heterocycles. The average Bonchev–Trinajstić information content (AvgIpc) is 1.77. The fourth-order valence-electron chi connectivity index (χ4n) is 1.07. The van der Waals surface area contributed by atoms with Gasteiger partial charge in [0, 0.05) is 12.7 Å². The standard InChI is InChI=1S/C8H12O3/c1-6(5-8(9)10)4-7-2-3-11-7/h5,7H,2-4H2,1H3,(H,9,10). The summed E-state index contributed by atoms with van der Waals surface area (Å²) in [6, 6.07) is 0. The molecule has 1 unspecified atom stereocenters. The highest BCUT2D eigenvalue weighted by Crippen LogP contribution is 2.18. The molecule has 62 valence electrons. The zero-order valence-electron chi connectivity index (χ0n) is 6.54. The van der Waals surface area contributed by atoms with E-state index in [0.717, 1.165) is 25.0 Å². The van der Waals surface area contributed by atoms with E-state index < -0.39 is 5.97 Å². The van der Waals surface area contributed by atoms with Crippen molar-refractivity contribution in [3.8, 4) is 0 Å². The van der Waals surface area contributed by atoms with Crippen LogP contribution in [0.15, 0.2) is 11.6 Å². The molecule has 0 aromatic heterocycles. The molecule has 0 amide bonds. The molecule has 0 saturated carbocycles. The number of carboxylic acids is 1. The highest BCUT2D eigenvalue weighted by Gasteiger charge is 2.17. The minimum atomic E-state index is -0.873. The molecule has 0 bridgehead atoms. The van der Waals surface area contributed by atoms with Crippen molar-refractivity contribution in [1.29, 1.82) is 0 Å². The van der Waals surface area contributed by atoms with E-state index in [1.165, 1.54) is 6.08 Å². The van der Waals surface area contributed by atoms with E-state index in [9.17, 15) is 4.79 Å². The van der Waals surface area contributed by atoms with Crippen LogP contribution in [0, 0.1) is 0 Å². The first-order chi connectivity index (χ1) is 5.18. The van der Waals surface area contributed by atoms with Crippen molar-refractivity contribution in [3.63, 3.8) is 0 Å². The van der Waals surface area contributed by atoms with E-state index in [1.807, 2.05) is 6.92 Å². The lowest BCUT2D eigenvalue weighted by Gasteiger charge is -2.26. The van der Waals surface area contributed by atoms with E-state index in [4.69, 9.17) is 9.84 Å². The molecule has 1 atom stereocenters. The van der Waals surface area contributed by atoms with E-state index in [2.05, 4.69) is 0 Å². The second kappa shape index (κ2) is 3.53. The van der Waals surface area contributed by atoms with Gasteiger partial charge in [0.15, 0.2) is 0 Å². The van der Waals surface area contributed by atoms with Crippen LogP contribution in [-0.2, 0) is 9.53 Å². The third kappa shape index (κ3) is 2.72. The molecular weight excluding hydrogens is 144 g/mol. The fourth-order valence-corrected chi connectivity index (χ4v) is 1.07. The normalized spacial score (nSPS) is 24.5. The molecule has 1 fully saturated rings. The maximum Gasteiger partial charge on any atom is 0.328 e. The first kappa shape index (κ1) is 8.27. The van der Waals surface area contributed by atoms with Crippen molar-refractivity contribution >= 4 is 5.97 Å². The largest absolute Gasteiger partial charge is 0.478 e. The van der Waals surface area contributed by atoms with Crippen molar-refractivity contribution < 1.29 is 14.6 Å². The Morgan fingerprint density at radius 1 is 1.82 bits per heavy atom. The van der Waals surface area contributed by atoms with Gasteiger partial charge in [-0.25, -0.2) is 4.79 Å². The van der Waals surface area contributed by atoms with Gasteiger partial charge < -0.3 is 9.84 Å². The Morgan fingerprint density at radius 3 is 2.82 bits per heavy atom. The lowest BCUT2D eigenvalue weighted by Crippen LogP contribution is -2.26. The van der Waals surface area contributed by atoms with E-state index in [0.29, 0.717) is 0 Å². The van der Waals surface area contributed by atoms with E-state index in [-0.39, 0.29) is 6.10 Å². The van der Waals surface area contributed by atoms with Crippen molar-refractivity contribution in [2.24, 2.45) is 0 Å². The lowest BCUT2D eigenvalue weighted by molar-refractivity contribution is -0.131. The number of ether oxygens (including phenoxy) is 1. The molecule has 0 aromatic carbocycles. The van der Waals surface area contributed by atoms with Crippen LogP contribution in [0.2, 0.25) is 0 Å². The smallest absolute Gasteiger partial charge is 0.328 e. The van der Waals surface area contributed by atoms with Gasteiger partial charge in [-0.3, -0.25) is 0 Å². The Balaban J connectivity index is 2.29. The Kier molecular flexibility index (Phi) is 2.65. The third-order valence-electron chi connectivity index (χ3n) is 1.71. The summed E-state index contributed by atoms with van der Waals surface area (Å²) in [6.07, 6.45) is 3.32. The van der Waals surface area contributed by atoms with Gasteiger partial charge in [-0.2, -0.15) is 0 Å². The van der Waals surface area contributed by atoms with Crippen LogP contribution in [0.1, 0.15) is 19.8 Å². The number of carboxylic acid groups (broad SMARTS) is 1. The molecule has 1 N–H and O–H groups in total. The van der Waals surface area contributed by atoms with Crippen molar-refractivity contribution in [3.05, 3.63) is 11.6 Å². The first-order valence-electron chi connectivity index (χ1n) is 3.70. The summed E-state index contributed by atoms with van der Waals surface area (Å²) in [5, 5.41) is 8.37. The minimum absolute atomic E-state index is 0.269. The van der Waals surface area contributed by atoms with Crippen LogP contribution >= 0.6 is 0 Å². The summed E-state index contributed by atoms with van der Waals surface area (Å²) in [4.78, 5) is 10.2. The SMILES string of the molecule is CC(=CC(=O)O)CC1CCO1. The van der Waals surface area contributed by atoms with Gasteiger partial charge in [-0.15, -0.1) is 0 Å². The van der Waals surface area contributed by atoms with Crippen LogP contribution in [0.4, 0.5) is 0 Å². The predicted octanol–water partition coefficient (Wildman–Crippen LogP) is 1.20. The summed E-state index contributed by atoms with van der Waals surface area (Å²) in [7, 11) is 0. The average molecular weight is 156 g/mol. The number of hydrogen-bond donors (Lipinski definition) is 1. The zero-order chi connectivity index (χ0) is 8.27. The van der Waals surface area contributed by atoms with Gasteiger partial charge in [-0.1, -0.05) is 5.57 Å². The zero-order valence-corrected chi connectivity index (χ0v) is 6.54. The predicted molar refractivity (Wildman–Crippen MR) is 40.4 cm³/mol. The highest BCUT2D eigenvalue weighted by molar-refractivity contribution is 5.80. The maximum atomic E-state index is 10.2. The van der Waals surface area contributed by atoms with Gasteiger partial charge in [0.25, 0.3) is 0 Å². The quantitative estimate of drug-likeness (QED) is 0.624. The van der Waals surface area contributed by atoms with Crippen LogP contribution in [0.5, 0.6) is 0 Å². The molecule has 0 radical (unpaired) electrons. The molecule has 1 rings (SSSR count). The van der Waals surface area contributed by atoms with Gasteiger partial charge in [0.2, 0.25) is 0 Å². The topological polar surface area (TPSA) is 46.5 Å². The maximum absolute atomic E-state index is 10.2. The Labute approximate surface area is 65.7 Å². The van der Waals surface area contributed by atoms with Gasteiger partial charge in [0.05, 0.1) is 6.10 Å². The molecule has 0 spiro atoms. The summed E-state index contributed by atoms with van der Waals surface area (Å²) < 4.78 is 5.15. The molecule has 1 heterocycles. The Morgan fingerprint density at radius 2 is 2.45 bits per heavy atom. The summed E-state index contributed by atoms with van der Waals surface area (Å²) in [5.74, 6) is -0.873. The molecule has 1 saturated heterocycles. The van der Waals surface area contributed by atoms with Crippen LogP contribution in [0.25, 0.3) is 0 Å². The first-order valence-corrected chi connectivity index (χ1v) is 3.70. The highest BCUT2D eigenvalue weighted by atomic mass is 16.5. The minimum Gasteiger partial charge on any atom is -0.478 e. The van der Waals surface area contributed by atoms with Gasteiger partial charge in [0.1, 0.15) is 0 Å². The number of carbonyl (C=O) groups is 1. The van der Waals surface area contributed by atoms with Crippen molar-refractivity contribution in [2.75, 3.05) is 6.61 Å². The molecule has 0 aromatic rings. The van der Waals surface area contributed by atoms with Crippen LogP contribution < -0.4 is 0 Å². The summed E-state index contributed by atoms with van der Waals surface area (Å²) in [5.41, 5.74) is 0.877. The van der Waals surface area contributed by atoms with E-state index >= 15 is 0 Å². The fraction of sp³-hybridized carbons (Fsp3) is 0.625. The molecule has 0 aliphatic carbocycles. The molecular formula is C8H12O3. The van der Waals surface area contributed by atoms with Gasteiger partial charge in [-0.05, 0) is 19.8 Å². The van der Waals surface area contributed by atoms with Gasteiger partial charge >= 0.3 is 5.97 Å².